The molecule has 4 heteroatoms. The maximum atomic E-state index is 4.58. The molecule has 17 heavy (non-hydrogen) atoms. The average molecular weight is 230 g/mol. The number of hydrogen-bond acceptors (Lipinski definition) is 4. The fourth-order valence-electron chi connectivity index (χ4n) is 1.62. The molecular formula is C13H18N4. The maximum Gasteiger partial charge on any atom is 0.164 e. The van der Waals surface area contributed by atoms with E-state index in [4.69, 9.17) is 0 Å². The monoisotopic (exact) mass is 230 g/mol. The van der Waals surface area contributed by atoms with Crippen LogP contribution in [-0.4, -0.2) is 21.0 Å². The van der Waals surface area contributed by atoms with E-state index in [0.29, 0.717) is 12.0 Å². The number of aromatic nitrogens is 3. The molecule has 0 aliphatic rings. The van der Waals surface area contributed by atoms with Crippen LogP contribution in [0.25, 0.3) is 11.0 Å². The van der Waals surface area contributed by atoms with Crippen LogP contribution in [0.2, 0.25) is 0 Å². The fourth-order valence-corrected chi connectivity index (χ4v) is 1.62. The Hall–Kier alpha value is -1.71. The first-order chi connectivity index (χ1) is 8.08. The summed E-state index contributed by atoms with van der Waals surface area (Å²) in [5.74, 6) is 2.01. The largest absolute Gasteiger partial charge is 0.367 e. The molecular weight excluding hydrogens is 212 g/mol. The molecule has 2 heterocycles. The molecule has 1 N–H and O–H groups in total. The van der Waals surface area contributed by atoms with Crippen molar-refractivity contribution in [2.45, 2.75) is 39.7 Å². The lowest BCUT2D eigenvalue weighted by atomic mass is 10.2. The Morgan fingerprint density at radius 2 is 1.88 bits per heavy atom. The van der Waals surface area contributed by atoms with Crippen molar-refractivity contribution >= 4 is 16.9 Å². The van der Waals surface area contributed by atoms with Gasteiger partial charge < -0.3 is 5.32 Å². The summed E-state index contributed by atoms with van der Waals surface area (Å²) in [6, 6.07) is 4.25. The zero-order chi connectivity index (χ0) is 12.4. The van der Waals surface area contributed by atoms with Gasteiger partial charge in [-0.2, -0.15) is 0 Å². The molecule has 0 aromatic carbocycles. The number of fused-ring (bicyclic) bond motifs is 1. The second kappa shape index (κ2) is 4.65. The molecule has 4 nitrogen and oxygen atoms in total. The van der Waals surface area contributed by atoms with Crippen LogP contribution in [0.5, 0.6) is 0 Å². The summed E-state index contributed by atoms with van der Waals surface area (Å²) >= 11 is 0. The van der Waals surface area contributed by atoms with Crippen molar-refractivity contribution in [1.29, 1.82) is 0 Å². The predicted molar refractivity (Wildman–Crippen MR) is 70.2 cm³/mol. The first-order valence-electron chi connectivity index (χ1n) is 5.97. The highest BCUT2D eigenvalue weighted by Crippen LogP contribution is 2.21. The summed E-state index contributed by atoms with van der Waals surface area (Å²) < 4.78 is 0. The Bertz CT molecular complexity index is 520. The summed E-state index contributed by atoms with van der Waals surface area (Å²) in [4.78, 5) is 13.4. The van der Waals surface area contributed by atoms with Gasteiger partial charge in [0.1, 0.15) is 11.6 Å². The molecule has 0 bridgehead atoms. The molecule has 0 saturated carbocycles. The number of anilines is 1. The fraction of sp³-hybridized carbons (Fsp3) is 0.462. The zero-order valence-corrected chi connectivity index (χ0v) is 10.7. The van der Waals surface area contributed by atoms with Crippen molar-refractivity contribution in [3.63, 3.8) is 0 Å². The lowest BCUT2D eigenvalue weighted by Crippen LogP contribution is -2.13. The number of hydrogen-bond donors (Lipinski definition) is 1. The van der Waals surface area contributed by atoms with E-state index >= 15 is 0 Å². The van der Waals surface area contributed by atoms with Crippen LogP contribution < -0.4 is 5.32 Å². The Kier molecular flexibility index (Phi) is 3.22. The minimum Gasteiger partial charge on any atom is -0.367 e. The number of nitrogens with one attached hydrogen (secondary N) is 1. The quantitative estimate of drug-likeness (QED) is 0.880. The standard InChI is InChI=1S/C13H18N4/c1-8(2)11-16-12-10(6-5-7-14-12)13(17-11)15-9(3)4/h5-9H,1-4H3,(H,14,15,16,17). The molecule has 0 radical (unpaired) electrons. The maximum absolute atomic E-state index is 4.58. The third kappa shape index (κ3) is 2.52. The van der Waals surface area contributed by atoms with Gasteiger partial charge in [0, 0.05) is 18.2 Å². The second-order valence-electron chi connectivity index (χ2n) is 4.76. The molecule has 0 amide bonds. The molecule has 2 rings (SSSR count). The van der Waals surface area contributed by atoms with E-state index in [9.17, 15) is 0 Å². The molecule has 2 aromatic heterocycles. The average Bonchev–Trinajstić information content (AvgIpc) is 2.28. The minimum atomic E-state index is 0.300. The van der Waals surface area contributed by atoms with E-state index in [2.05, 4.69) is 48.0 Å². The highest BCUT2D eigenvalue weighted by atomic mass is 15.1. The van der Waals surface area contributed by atoms with Gasteiger partial charge in [0.2, 0.25) is 0 Å². The van der Waals surface area contributed by atoms with Crippen LogP contribution in [0.1, 0.15) is 39.4 Å². The van der Waals surface area contributed by atoms with Crippen molar-refractivity contribution in [1.82, 2.24) is 15.0 Å². The number of pyridine rings is 1. The molecule has 0 fully saturated rings. The minimum absolute atomic E-state index is 0.300. The van der Waals surface area contributed by atoms with Crippen molar-refractivity contribution in [2.24, 2.45) is 0 Å². The van der Waals surface area contributed by atoms with E-state index in [-0.39, 0.29) is 0 Å². The SMILES string of the molecule is CC(C)Nc1nc(C(C)C)nc2ncccc12. The predicted octanol–water partition coefficient (Wildman–Crippen LogP) is 2.97. The van der Waals surface area contributed by atoms with Crippen LogP contribution >= 0.6 is 0 Å². The second-order valence-corrected chi connectivity index (χ2v) is 4.76. The third-order valence-electron chi connectivity index (χ3n) is 2.43. The normalized spacial score (nSPS) is 11.4. The third-order valence-corrected chi connectivity index (χ3v) is 2.43. The number of rotatable bonds is 3. The Balaban J connectivity index is 2.60. The molecule has 2 aromatic rings. The van der Waals surface area contributed by atoms with E-state index in [1.54, 1.807) is 6.20 Å². The molecule has 0 aliphatic carbocycles. The highest BCUT2D eigenvalue weighted by Gasteiger charge is 2.11. The topological polar surface area (TPSA) is 50.7 Å². The highest BCUT2D eigenvalue weighted by molar-refractivity contribution is 5.86. The van der Waals surface area contributed by atoms with Crippen molar-refractivity contribution in [3.8, 4) is 0 Å². The Labute approximate surface area is 102 Å². The molecule has 90 valence electrons. The van der Waals surface area contributed by atoms with Gasteiger partial charge in [-0.3, -0.25) is 0 Å². The van der Waals surface area contributed by atoms with Gasteiger partial charge in [0.15, 0.2) is 5.65 Å². The van der Waals surface area contributed by atoms with E-state index in [0.717, 1.165) is 22.7 Å². The summed E-state index contributed by atoms with van der Waals surface area (Å²) in [6.07, 6.45) is 1.76. The van der Waals surface area contributed by atoms with E-state index in [1.807, 2.05) is 12.1 Å². The smallest absolute Gasteiger partial charge is 0.164 e. The summed E-state index contributed by atoms with van der Waals surface area (Å²) in [6.45, 7) is 8.37. The molecule has 0 atom stereocenters. The van der Waals surface area contributed by atoms with Crippen LogP contribution in [0.4, 0.5) is 5.82 Å². The Morgan fingerprint density at radius 3 is 2.53 bits per heavy atom. The first kappa shape index (κ1) is 11.8. The lowest BCUT2D eigenvalue weighted by molar-refractivity contribution is 0.776. The van der Waals surface area contributed by atoms with Crippen LogP contribution in [0.3, 0.4) is 0 Å². The van der Waals surface area contributed by atoms with Gasteiger partial charge >= 0.3 is 0 Å². The van der Waals surface area contributed by atoms with Gasteiger partial charge in [-0.15, -0.1) is 0 Å². The molecule has 0 saturated heterocycles. The van der Waals surface area contributed by atoms with Crippen LogP contribution in [0.15, 0.2) is 18.3 Å². The summed E-state index contributed by atoms with van der Waals surface area (Å²) in [5, 5.41) is 4.33. The lowest BCUT2D eigenvalue weighted by Gasteiger charge is -2.13. The van der Waals surface area contributed by atoms with Gasteiger partial charge in [0.05, 0.1) is 5.39 Å². The van der Waals surface area contributed by atoms with Gasteiger partial charge in [-0.25, -0.2) is 15.0 Å². The van der Waals surface area contributed by atoms with Crippen molar-refractivity contribution in [2.75, 3.05) is 5.32 Å². The molecule has 0 unspecified atom stereocenters. The summed E-state index contributed by atoms with van der Waals surface area (Å²) in [5.41, 5.74) is 0.759. The van der Waals surface area contributed by atoms with E-state index < -0.39 is 0 Å². The van der Waals surface area contributed by atoms with Gasteiger partial charge in [-0.05, 0) is 26.0 Å². The van der Waals surface area contributed by atoms with Crippen LogP contribution in [-0.2, 0) is 0 Å². The van der Waals surface area contributed by atoms with E-state index in [1.165, 1.54) is 0 Å². The first-order valence-corrected chi connectivity index (χ1v) is 5.97. The zero-order valence-electron chi connectivity index (χ0n) is 10.7. The van der Waals surface area contributed by atoms with Crippen molar-refractivity contribution in [3.05, 3.63) is 24.2 Å². The van der Waals surface area contributed by atoms with Crippen molar-refractivity contribution < 1.29 is 0 Å². The van der Waals surface area contributed by atoms with Gasteiger partial charge in [-0.1, -0.05) is 13.8 Å². The Morgan fingerprint density at radius 1 is 1.12 bits per heavy atom. The van der Waals surface area contributed by atoms with Gasteiger partial charge in [0.25, 0.3) is 0 Å². The summed E-state index contributed by atoms with van der Waals surface area (Å²) in [7, 11) is 0. The number of nitrogens with zero attached hydrogens (tertiary/aromatic N) is 3. The molecule has 0 spiro atoms. The van der Waals surface area contributed by atoms with Crippen LogP contribution in [0, 0.1) is 0 Å². The molecule has 0 aliphatic heterocycles.